The van der Waals surface area contributed by atoms with Gasteiger partial charge in [0.25, 0.3) is 0 Å². The normalized spacial score (nSPS) is 26.3. The second-order valence-corrected chi connectivity index (χ2v) is 8.56. The molecule has 1 amide bonds. The van der Waals surface area contributed by atoms with E-state index in [9.17, 15) is 9.90 Å². The molecule has 1 aliphatic heterocycles. The van der Waals surface area contributed by atoms with E-state index in [-0.39, 0.29) is 17.3 Å². The quantitative estimate of drug-likeness (QED) is 0.455. The number of carbonyl (C=O) groups is 1. The number of anilines is 1. The summed E-state index contributed by atoms with van der Waals surface area (Å²) >= 11 is 0. The molecule has 3 rings (SSSR count). The molecule has 0 unspecified atom stereocenters. The largest absolute Gasteiger partial charge is 0.506 e. The summed E-state index contributed by atoms with van der Waals surface area (Å²) in [4.78, 5) is 14.0. The number of phenolic OH excluding ortho intramolecular Hbond substituents is 1. The molecule has 1 aromatic carbocycles. The van der Waals surface area contributed by atoms with E-state index in [1.54, 1.807) is 19.2 Å². The van der Waals surface area contributed by atoms with E-state index in [2.05, 4.69) is 17.1 Å². The molecule has 1 aromatic rings. The number of nitrogens with one attached hydrogen (secondary N) is 1. The highest BCUT2D eigenvalue weighted by atomic mass is 16.5. The van der Waals surface area contributed by atoms with Gasteiger partial charge < -0.3 is 25.6 Å². The number of hydrogen-bond donors (Lipinski definition) is 3. The van der Waals surface area contributed by atoms with Gasteiger partial charge >= 0.3 is 0 Å². The minimum atomic E-state index is -0.488. The molecule has 4 N–H and O–H groups in total. The molecule has 29 heavy (non-hydrogen) atoms. The van der Waals surface area contributed by atoms with Crippen LogP contribution in [0.1, 0.15) is 55.8 Å². The van der Waals surface area contributed by atoms with Crippen LogP contribution in [0.4, 0.5) is 5.69 Å². The van der Waals surface area contributed by atoms with Crippen LogP contribution in [-0.2, 0) is 9.47 Å². The van der Waals surface area contributed by atoms with Crippen molar-refractivity contribution in [1.82, 2.24) is 4.90 Å². The predicted octanol–water partition coefficient (Wildman–Crippen LogP) is 2.73. The number of benzene rings is 1. The van der Waals surface area contributed by atoms with Crippen molar-refractivity contribution in [3.63, 3.8) is 0 Å². The number of amides is 1. The van der Waals surface area contributed by atoms with Crippen molar-refractivity contribution < 1.29 is 19.4 Å². The lowest BCUT2D eigenvalue weighted by molar-refractivity contribution is -0.0398. The average molecular weight is 406 g/mol. The highest BCUT2D eigenvalue weighted by Crippen LogP contribution is 2.37. The zero-order valence-electron chi connectivity index (χ0n) is 17.7. The van der Waals surface area contributed by atoms with Gasteiger partial charge in [0.2, 0.25) is 5.91 Å². The van der Waals surface area contributed by atoms with Gasteiger partial charge in [-0.05, 0) is 63.6 Å². The summed E-state index contributed by atoms with van der Waals surface area (Å²) in [5, 5.41) is 13.5. The molecule has 2 aliphatic rings. The smallest absolute Gasteiger partial charge is 0.248 e. The zero-order chi connectivity index (χ0) is 20.9. The Kier molecular flexibility index (Phi) is 7.38. The fourth-order valence-electron chi connectivity index (χ4n) is 4.58. The van der Waals surface area contributed by atoms with E-state index < -0.39 is 5.91 Å². The molecule has 1 saturated heterocycles. The Bertz CT molecular complexity index is 681. The molecule has 0 aromatic heterocycles. The van der Waals surface area contributed by atoms with Gasteiger partial charge in [0.1, 0.15) is 5.75 Å². The molecule has 1 heterocycles. The summed E-state index contributed by atoms with van der Waals surface area (Å²) in [7, 11) is 1.70. The van der Waals surface area contributed by atoms with Gasteiger partial charge in [0.15, 0.2) is 0 Å². The van der Waals surface area contributed by atoms with Crippen LogP contribution in [0.2, 0.25) is 0 Å². The Morgan fingerprint density at radius 2 is 1.93 bits per heavy atom. The van der Waals surface area contributed by atoms with Gasteiger partial charge in [-0.3, -0.25) is 9.69 Å². The third-order valence-electron chi connectivity index (χ3n) is 6.55. The Labute approximate surface area is 173 Å². The standard InChI is InChI=1S/C22H35N3O4/c1-22(9-5-18(6-10-22)29-14-13-28-2)25-11-7-17(8-12-25)24-19-15-16(21(23)27)3-4-20(19)26/h3-4,15,17-18,24,26H,5-14H2,1-2H3,(H2,23,27)/t18-,22-. The van der Waals surface area contributed by atoms with Crippen LogP contribution >= 0.6 is 0 Å². The first kappa shape index (κ1) is 21.9. The summed E-state index contributed by atoms with van der Waals surface area (Å²) in [5.41, 5.74) is 6.58. The van der Waals surface area contributed by atoms with Crippen molar-refractivity contribution in [2.24, 2.45) is 5.73 Å². The molecule has 7 heteroatoms. The molecule has 1 aliphatic carbocycles. The van der Waals surface area contributed by atoms with Crippen LogP contribution in [-0.4, -0.2) is 67.0 Å². The van der Waals surface area contributed by atoms with Gasteiger partial charge in [-0.2, -0.15) is 0 Å². The third kappa shape index (κ3) is 5.62. The number of nitrogens with two attached hydrogens (primary N) is 1. The predicted molar refractivity (Wildman–Crippen MR) is 113 cm³/mol. The van der Waals surface area contributed by atoms with E-state index in [0.717, 1.165) is 51.6 Å². The minimum absolute atomic E-state index is 0.149. The Morgan fingerprint density at radius 3 is 2.55 bits per heavy atom. The van der Waals surface area contributed by atoms with Crippen molar-refractivity contribution in [1.29, 1.82) is 0 Å². The molecular formula is C22H35N3O4. The SMILES string of the molecule is COCCO[C@H]1CC[C@](C)(N2CCC(Nc3cc(C(N)=O)ccc3O)CC2)CC1. The number of aromatic hydroxyl groups is 1. The van der Waals surface area contributed by atoms with E-state index in [4.69, 9.17) is 15.2 Å². The van der Waals surface area contributed by atoms with E-state index >= 15 is 0 Å². The van der Waals surface area contributed by atoms with Crippen molar-refractivity contribution in [2.75, 3.05) is 38.7 Å². The molecule has 1 saturated carbocycles. The number of methoxy groups -OCH3 is 1. The number of hydrogen-bond acceptors (Lipinski definition) is 6. The Hall–Kier alpha value is -1.83. The summed E-state index contributed by atoms with van der Waals surface area (Å²) in [6.07, 6.45) is 6.89. The fraction of sp³-hybridized carbons (Fsp3) is 0.682. The van der Waals surface area contributed by atoms with Crippen molar-refractivity contribution >= 4 is 11.6 Å². The number of piperidine rings is 1. The minimum Gasteiger partial charge on any atom is -0.506 e. The van der Waals surface area contributed by atoms with Crippen LogP contribution in [0.15, 0.2) is 18.2 Å². The highest BCUT2D eigenvalue weighted by molar-refractivity contribution is 5.94. The maximum Gasteiger partial charge on any atom is 0.248 e. The third-order valence-corrected chi connectivity index (χ3v) is 6.55. The van der Waals surface area contributed by atoms with Gasteiger partial charge in [-0.1, -0.05) is 0 Å². The monoisotopic (exact) mass is 405 g/mol. The lowest BCUT2D eigenvalue weighted by Gasteiger charge is -2.48. The van der Waals surface area contributed by atoms with E-state index in [1.807, 2.05) is 0 Å². The summed E-state index contributed by atoms with van der Waals surface area (Å²) < 4.78 is 11.0. The van der Waals surface area contributed by atoms with Crippen LogP contribution in [0.5, 0.6) is 5.75 Å². The van der Waals surface area contributed by atoms with E-state index in [1.165, 1.54) is 6.07 Å². The summed E-state index contributed by atoms with van der Waals surface area (Å²) in [6, 6.07) is 4.97. The van der Waals surface area contributed by atoms with E-state index in [0.29, 0.717) is 30.6 Å². The number of nitrogens with zero attached hydrogens (tertiary/aromatic N) is 1. The topological polar surface area (TPSA) is 97.0 Å². The molecule has 0 atom stereocenters. The van der Waals surface area contributed by atoms with Gasteiger partial charge in [-0.25, -0.2) is 0 Å². The Morgan fingerprint density at radius 1 is 1.24 bits per heavy atom. The average Bonchev–Trinajstić information content (AvgIpc) is 2.72. The first-order valence-electron chi connectivity index (χ1n) is 10.7. The highest BCUT2D eigenvalue weighted by Gasteiger charge is 2.38. The number of carbonyl (C=O) groups excluding carboxylic acids is 1. The zero-order valence-corrected chi connectivity index (χ0v) is 17.7. The second-order valence-electron chi connectivity index (χ2n) is 8.56. The molecule has 7 nitrogen and oxygen atoms in total. The number of primary amides is 1. The summed E-state index contributed by atoms with van der Waals surface area (Å²) in [6.45, 7) is 5.78. The van der Waals surface area contributed by atoms with Crippen LogP contribution in [0.25, 0.3) is 0 Å². The first-order chi connectivity index (χ1) is 13.9. The fourth-order valence-corrected chi connectivity index (χ4v) is 4.58. The van der Waals surface area contributed by atoms with Crippen LogP contribution in [0, 0.1) is 0 Å². The van der Waals surface area contributed by atoms with Crippen molar-refractivity contribution in [2.45, 2.75) is 63.1 Å². The van der Waals surface area contributed by atoms with Crippen LogP contribution in [0.3, 0.4) is 0 Å². The van der Waals surface area contributed by atoms with Gasteiger partial charge in [0.05, 0.1) is 25.0 Å². The maximum absolute atomic E-state index is 11.4. The lowest BCUT2D eigenvalue weighted by Crippen LogP contribution is -2.53. The second kappa shape index (κ2) is 9.78. The van der Waals surface area contributed by atoms with Crippen LogP contribution < -0.4 is 11.1 Å². The van der Waals surface area contributed by atoms with Crippen molar-refractivity contribution in [3.8, 4) is 5.75 Å². The molecule has 2 fully saturated rings. The number of phenols is 1. The first-order valence-corrected chi connectivity index (χ1v) is 10.7. The number of ether oxygens (including phenoxy) is 2. The van der Waals surface area contributed by atoms with Gasteiger partial charge in [0, 0.05) is 37.3 Å². The number of rotatable bonds is 8. The number of likely N-dealkylation sites (tertiary alicyclic amines) is 1. The molecular weight excluding hydrogens is 370 g/mol. The molecule has 162 valence electrons. The summed E-state index contributed by atoms with van der Waals surface area (Å²) in [5.74, 6) is -0.339. The maximum atomic E-state index is 11.4. The Balaban J connectivity index is 1.48. The molecule has 0 radical (unpaired) electrons. The van der Waals surface area contributed by atoms with Gasteiger partial charge in [-0.15, -0.1) is 0 Å². The lowest BCUT2D eigenvalue weighted by atomic mass is 9.79. The molecule has 0 bridgehead atoms. The molecule has 0 spiro atoms. The van der Waals surface area contributed by atoms with Crippen molar-refractivity contribution in [3.05, 3.63) is 23.8 Å².